The number of aliphatic carboxylic acids is 1. The van der Waals surface area contributed by atoms with Crippen LogP contribution in [0.15, 0.2) is 24.3 Å². The summed E-state index contributed by atoms with van der Waals surface area (Å²) < 4.78 is 5.36. The van der Waals surface area contributed by atoms with Crippen LogP contribution >= 0.6 is 0 Å². The van der Waals surface area contributed by atoms with Crippen molar-refractivity contribution in [3.8, 4) is 5.75 Å². The molecule has 2 N–H and O–H groups in total. The van der Waals surface area contributed by atoms with E-state index in [-0.39, 0.29) is 18.7 Å². The van der Waals surface area contributed by atoms with Gasteiger partial charge in [0, 0.05) is 25.9 Å². The Bertz CT molecular complexity index is 770. The van der Waals surface area contributed by atoms with Crippen LogP contribution in [-0.4, -0.2) is 52.8 Å². The molecule has 2 aliphatic carbocycles. The van der Waals surface area contributed by atoms with Gasteiger partial charge in [-0.3, -0.25) is 4.79 Å². The number of nitrogens with zero attached hydrogens (tertiary/aromatic N) is 1. The van der Waals surface area contributed by atoms with Crippen molar-refractivity contribution in [2.24, 2.45) is 17.3 Å². The first-order chi connectivity index (χ1) is 13.4. The van der Waals surface area contributed by atoms with Gasteiger partial charge in [-0.25, -0.2) is 4.79 Å². The number of carbonyl (C=O) groups excluding carboxylic acids is 1. The number of ether oxygens (including phenoxy) is 1. The third-order valence-electron chi connectivity index (χ3n) is 7.33. The van der Waals surface area contributed by atoms with Gasteiger partial charge in [-0.2, -0.15) is 0 Å². The third-order valence-corrected chi connectivity index (χ3v) is 7.33. The van der Waals surface area contributed by atoms with Crippen LogP contribution < -0.4 is 4.74 Å². The van der Waals surface area contributed by atoms with Crippen LogP contribution in [0.3, 0.4) is 0 Å². The Balaban J connectivity index is 1.57. The summed E-state index contributed by atoms with van der Waals surface area (Å²) >= 11 is 0. The number of amides is 1. The number of carboxylic acid groups (broad SMARTS) is 1. The van der Waals surface area contributed by atoms with E-state index in [1.807, 2.05) is 18.2 Å². The number of hydrogen-bond acceptors (Lipinski definition) is 4. The first kappa shape index (κ1) is 19.2. The number of carboxylic acids is 1. The Morgan fingerprint density at radius 3 is 2.57 bits per heavy atom. The minimum atomic E-state index is -1.70. The summed E-state index contributed by atoms with van der Waals surface area (Å²) in [6.07, 6.45) is 5.21. The quantitative estimate of drug-likeness (QED) is 0.811. The lowest BCUT2D eigenvalue weighted by Gasteiger charge is -2.43. The lowest BCUT2D eigenvalue weighted by Crippen LogP contribution is -2.55. The Labute approximate surface area is 165 Å². The lowest BCUT2D eigenvalue weighted by atomic mass is 9.68. The van der Waals surface area contributed by atoms with E-state index in [1.54, 1.807) is 12.0 Å². The molecule has 1 amide bonds. The molecule has 152 valence electrons. The van der Waals surface area contributed by atoms with E-state index in [4.69, 9.17) is 4.74 Å². The fourth-order valence-electron chi connectivity index (χ4n) is 5.75. The molecule has 4 rings (SSSR count). The van der Waals surface area contributed by atoms with Gasteiger partial charge in [-0.15, -0.1) is 0 Å². The predicted molar refractivity (Wildman–Crippen MR) is 103 cm³/mol. The van der Waals surface area contributed by atoms with Crippen molar-refractivity contribution in [3.63, 3.8) is 0 Å². The van der Waals surface area contributed by atoms with Gasteiger partial charge in [0.2, 0.25) is 5.91 Å². The lowest BCUT2D eigenvalue weighted by molar-refractivity contribution is -0.167. The maximum absolute atomic E-state index is 13.7. The van der Waals surface area contributed by atoms with Gasteiger partial charge in [0.15, 0.2) is 5.60 Å². The normalized spacial score (nSPS) is 31.0. The number of benzene rings is 1. The highest BCUT2D eigenvalue weighted by Gasteiger charge is 2.57. The number of hydrogen-bond donors (Lipinski definition) is 2. The molecule has 28 heavy (non-hydrogen) atoms. The van der Waals surface area contributed by atoms with Gasteiger partial charge >= 0.3 is 5.97 Å². The molecular formula is C22H29NO5. The zero-order valence-electron chi connectivity index (χ0n) is 16.4. The second-order valence-electron chi connectivity index (χ2n) is 8.89. The van der Waals surface area contributed by atoms with Crippen LogP contribution in [0.25, 0.3) is 0 Å². The van der Waals surface area contributed by atoms with Crippen molar-refractivity contribution >= 4 is 11.9 Å². The minimum absolute atomic E-state index is 0.0947. The molecule has 1 aromatic rings. The summed E-state index contributed by atoms with van der Waals surface area (Å²) in [4.78, 5) is 26.8. The molecule has 1 saturated heterocycles. The van der Waals surface area contributed by atoms with Crippen molar-refractivity contribution in [1.82, 2.24) is 4.90 Å². The van der Waals surface area contributed by atoms with E-state index in [0.717, 1.165) is 30.6 Å². The standard InChI is InChI=1S/C22H29NO5/c1-28-18-4-2-3-15(12-18)13-21(14-16-5-6-17(21)11-16)19(24)23-9-7-22(27,8-10-23)20(25)26/h2-4,12,16-17,27H,5-11,13-14H2,1H3,(H,25,26). The number of fused-ring (bicyclic) bond motifs is 2. The van der Waals surface area contributed by atoms with Gasteiger partial charge in [0.05, 0.1) is 12.5 Å². The molecule has 0 radical (unpaired) electrons. The highest BCUT2D eigenvalue weighted by molar-refractivity contribution is 5.85. The zero-order chi connectivity index (χ0) is 19.9. The highest BCUT2D eigenvalue weighted by atomic mass is 16.5. The summed E-state index contributed by atoms with van der Waals surface area (Å²) in [5.74, 6) is 0.755. The van der Waals surface area contributed by atoms with Crippen LogP contribution in [0, 0.1) is 17.3 Å². The van der Waals surface area contributed by atoms with Crippen molar-refractivity contribution < 1.29 is 24.5 Å². The molecule has 0 aromatic heterocycles. The summed E-state index contributed by atoms with van der Waals surface area (Å²) in [6, 6.07) is 7.95. The number of methoxy groups -OCH3 is 1. The van der Waals surface area contributed by atoms with E-state index in [1.165, 1.54) is 6.42 Å². The molecule has 3 atom stereocenters. The largest absolute Gasteiger partial charge is 0.497 e. The van der Waals surface area contributed by atoms with Gasteiger partial charge in [0.25, 0.3) is 0 Å². The van der Waals surface area contributed by atoms with Crippen molar-refractivity contribution in [1.29, 1.82) is 0 Å². The van der Waals surface area contributed by atoms with E-state index in [0.29, 0.717) is 31.3 Å². The van der Waals surface area contributed by atoms with Gasteiger partial charge < -0.3 is 19.8 Å². The fraction of sp³-hybridized carbons (Fsp3) is 0.636. The molecule has 2 saturated carbocycles. The van der Waals surface area contributed by atoms with Crippen LogP contribution in [0.1, 0.15) is 44.1 Å². The number of piperidine rings is 1. The molecule has 3 aliphatic rings. The Morgan fingerprint density at radius 1 is 1.25 bits per heavy atom. The molecule has 3 fully saturated rings. The molecule has 1 heterocycles. The summed E-state index contributed by atoms with van der Waals surface area (Å²) in [5, 5.41) is 19.5. The SMILES string of the molecule is COc1cccc(CC2(C(=O)N3CCC(O)(C(=O)O)CC3)CC3CCC2C3)c1. The smallest absolute Gasteiger partial charge is 0.335 e. The summed E-state index contributed by atoms with van der Waals surface area (Å²) in [7, 11) is 1.65. The Morgan fingerprint density at radius 2 is 2.00 bits per heavy atom. The number of likely N-dealkylation sites (tertiary alicyclic amines) is 1. The van der Waals surface area contributed by atoms with Gasteiger partial charge in [-0.05, 0) is 55.2 Å². The van der Waals surface area contributed by atoms with Crippen LogP contribution in [0.4, 0.5) is 0 Å². The van der Waals surface area contributed by atoms with Gasteiger partial charge in [0.1, 0.15) is 5.75 Å². The van der Waals surface area contributed by atoms with Crippen molar-refractivity contribution in [2.75, 3.05) is 20.2 Å². The van der Waals surface area contributed by atoms with Crippen molar-refractivity contribution in [2.45, 2.75) is 50.5 Å². The van der Waals surface area contributed by atoms with Crippen LogP contribution in [0.2, 0.25) is 0 Å². The number of carbonyl (C=O) groups is 2. The molecule has 0 spiro atoms. The molecule has 1 aliphatic heterocycles. The summed E-state index contributed by atoms with van der Waals surface area (Å²) in [6.45, 7) is 0.609. The molecule has 6 heteroatoms. The molecule has 2 bridgehead atoms. The monoisotopic (exact) mass is 387 g/mol. The Hall–Kier alpha value is -2.08. The maximum Gasteiger partial charge on any atom is 0.335 e. The second kappa shape index (κ2) is 7.07. The molecule has 6 nitrogen and oxygen atoms in total. The van der Waals surface area contributed by atoms with Crippen LogP contribution in [0.5, 0.6) is 5.75 Å². The average Bonchev–Trinajstić information content (AvgIpc) is 3.30. The summed E-state index contributed by atoms with van der Waals surface area (Å²) in [5.41, 5.74) is -1.00. The van der Waals surface area contributed by atoms with E-state index >= 15 is 0 Å². The highest BCUT2D eigenvalue weighted by Crippen LogP contribution is 2.58. The molecular weight excluding hydrogens is 358 g/mol. The minimum Gasteiger partial charge on any atom is -0.497 e. The first-order valence-electron chi connectivity index (χ1n) is 10.2. The number of rotatable bonds is 5. The first-order valence-corrected chi connectivity index (χ1v) is 10.2. The zero-order valence-corrected chi connectivity index (χ0v) is 16.4. The third kappa shape index (κ3) is 3.17. The van der Waals surface area contributed by atoms with Gasteiger partial charge in [-0.1, -0.05) is 18.6 Å². The average molecular weight is 387 g/mol. The van der Waals surface area contributed by atoms with Crippen molar-refractivity contribution in [3.05, 3.63) is 29.8 Å². The van der Waals surface area contributed by atoms with E-state index in [9.17, 15) is 19.8 Å². The topological polar surface area (TPSA) is 87.1 Å². The van der Waals surface area contributed by atoms with E-state index < -0.39 is 17.0 Å². The maximum atomic E-state index is 13.7. The molecule has 1 aromatic carbocycles. The number of aliphatic hydroxyl groups is 1. The van der Waals surface area contributed by atoms with E-state index in [2.05, 4.69) is 6.07 Å². The van der Waals surface area contributed by atoms with Crippen LogP contribution in [-0.2, 0) is 16.0 Å². The second-order valence-corrected chi connectivity index (χ2v) is 8.89. The fourth-order valence-corrected chi connectivity index (χ4v) is 5.75. The molecule has 3 unspecified atom stereocenters. The predicted octanol–water partition coefficient (Wildman–Crippen LogP) is 2.48. The Kier molecular flexibility index (Phi) is 4.86.